The van der Waals surface area contributed by atoms with Gasteiger partial charge in [0.25, 0.3) is 0 Å². The second kappa shape index (κ2) is 11.4. The summed E-state index contributed by atoms with van der Waals surface area (Å²) in [4.78, 5) is 26.2. The Bertz CT molecular complexity index is 1540. The summed E-state index contributed by atoms with van der Waals surface area (Å²) >= 11 is 6.35. The summed E-state index contributed by atoms with van der Waals surface area (Å²) in [6.07, 6.45) is 3.23. The predicted molar refractivity (Wildman–Crippen MR) is 165 cm³/mol. The van der Waals surface area contributed by atoms with E-state index in [2.05, 4.69) is 42.2 Å². The first-order valence-corrected chi connectivity index (χ1v) is 14.5. The lowest BCUT2D eigenvalue weighted by Gasteiger charge is -2.30. The van der Waals surface area contributed by atoms with Crippen molar-refractivity contribution in [2.45, 2.75) is 64.6 Å². The van der Waals surface area contributed by atoms with Gasteiger partial charge < -0.3 is 19.7 Å². The van der Waals surface area contributed by atoms with Crippen LogP contribution in [-0.2, 0) is 10.2 Å². The second-order valence-electron chi connectivity index (χ2n) is 12.6. The number of ether oxygens (including phenoxy) is 2. The maximum atomic E-state index is 13.1. The third-order valence-corrected chi connectivity index (χ3v) is 7.73. The molecule has 0 spiro atoms. The number of fused-ring (bicyclic) bond motifs is 1. The van der Waals surface area contributed by atoms with E-state index >= 15 is 0 Å². The fraction of sp³-hybridized carbons (Fsp3) is 0.438. The maximum Gasteiger partial charge on any atom is 0.414 e. The van der Waals surface area contributed by atoms with E-state index < -0.39 is 17.1 Å². The molecule has 1 amide bonds. The molecule has 10 heteroatoms. The van der Waals surface area contributed by atoms with Crippen LogP contribution in [-0.4, -0.2) is 59.3 Å². The summed E-state index contributed by atoms with van der Waals surface area (Å²) < 4.78 is 12.0. The highest BCUT2D eigenvalue weighted by Crippen LogP contribution is 2.45. The van der Waals surface area contributed by atoms with E-state index in [9.17, 15) is 10.1 Å². The molecule has 0 unspecified atom stereocenters. The average molecular weight is 589 g/mol. The lowest BCUT2D eigenvalue weighted by molar-refractivity contribution is 0.0579. The van der Waals surface area contributed by atoms with Crippen molar-refractivity contribution in [1.82, 2.24) is 14.9 Å². The summed E-state index contributed by atoms with van der Waals surface area (Å²) in [7, 11) is 2.12. The van der Waals surface area contributed by atoms with Crippen molar-refractivity contribution in [3.63, 3.8) is 0 Å². The predicted octanol–water partition coefficient (Wildman–Crippen LogP) is 6.92. The van der Waals surface area contributed by atoms with Gasteiger partial charge in [-0.2, -0.15) is 5.26 Å². The number of halogens is 1. The molecule has 0 atom stereocenters. The number of carbonyl (C=O) groups excluding carboxylic acids is 1. The van der Waals surface area contributed by atoms with Gasteiger partial charge in [-0.3, -0.25) is 4.90 Å². The minimum atomic E-state index is -0.651. The Morgan fingerprint density at radius 3 is 2.60 bits per heavy atom. The molecule has 0 aliphatic carbocycles. The van der Waals surface area contributed by atoms with Gasteiger partial charge in [-0.05, 0) is 82.6 Å². The summed E-state index contributed by atoms with van der Waals surface area (Å²) in [5.41, 5.74) is 2.88. The normalized spacial score (nSPS) is 17.0. The molecule has 1 aromatic heterocycles. The van der Waals surface area contributed by atoms with Crippen molar-refractivity contribution < 1.29 is 14.3 Å². The number of rotatable bonds is 5. The highest BCUT2D eigenvalue weighted by atomic mass is 35.5. The molecule has 0 radical (unpaired) electrons. The molecule has 2 aliphatic heterocycles. The number of anilines is 3. The molecule has 220 valence electrons. The molecule has 42 heavy (non-hydrogen) atoms. The third kappa shape index (κ3) is 6.45. The van der Waals surface area contributed by atoms with E-state index in [1.54, 1.807) is 29.3 Å². The van der Waals surface area contributed by atoms with E-state index in [0.29, 0.717) is 45.9 Å². The number of carbonyl (C=O) groups is 1. The van der Waals surface area contributed by atoms with Gasteiger partial charge in [0.1, 0.15) is 23.5 Å². The zero-order valence-corrected chi connectivity index (χ0v) is 25.7. The number of nitriles is 1. The average Bonchev–Trinajstić information content (AvgIpc) is 3.21. The van der Waals surface area contributed by atoms with Gasteiger partial charge in [0, 0.05) is 41.8 Å². The smallest absolute Gasteiger partial charge is 0.414 e. The van der Waals surface area contributed by atoms with Crippen LogP contribution in [0.1, 0.15) is 58.6 Å². The number of hydrogen-bond donors (Lipinski definition) is 1. The van der Waals surface area contributed by atoms with Crippen molar-refractivity contribution in [2.24, 2.45) is 0 Å². The largest absolute Gasteiger partial charge is 0.488 e. The Labute approximate surface area is 252 Å². The van der Waals surface area contributed by atoms with Gasteiger partial charge in [0.15, 0.2) is 0 Å². The molecule has 1 saturated heterocycles. The van der Waals surface area contributed by atoms with Crippen molar-refractivity contribution in [2.75, 3.05) is 36.9 Å². The first-order chi connectivity index (χ1) is 19.8. The van der Waals surface area contributed by atoms with Crippen LogP contribution < -0.4 is 15.0 Å². The first kappa shape index (κ1) is 29.6. The lowest BCUT2D eigenvalue weighted by atomic mass is 9.85. The Kier molecular flexibility index (Phi) is 8.06. The summed E-state index contributed by atoms with van der Waals surface area (Å²) in [6.45, 7) is 12.0. The Morgan fingerprint density at radius 1 is 1.17 bits per heavy atom. The van der Waals surface area contributed by atoms with E-state index in [1.807, 2.05) is 39.0 Å². The Morgan fingerprint density at radius 2 is 1.90 bits per heavy atom. The number of nitrogens with one attached hydrogen (secondary N) is 1. The van der Waals surface area contributed by atoms with Gasteiger partial charge in [-0.25, -0.2) is 14.8 Å². The van der Waals surface area contributed by atoms with Gasteiger partial charge in [-0.15, -0.1) is 0 Å². The van der Waals surface area contributed by atoms with Crippen LogP contribution in [0.3, 0.4) is 0 Å². The maximum absolute atomic E-state index is 13.1. The highest BCUT2D eigenvalue weighted by Gasteiger charge is 2.42. The minimum Gasteiger partial charge on any atom is -0.488 e. The zero-order chi connectivity index (χ0) is 30.2. The van der Waals surface area contributed by atoms with E-state index in [1.165, 1.54) is 0 Å². The standard InChI is InChI=1S/C32H37ClN6O3/c1-31(2,3)42-30(40)39-19-32(4,5)24-16-20(15-21(18-34)28(24)39)25-9-12-35-29(36-25)37-26-17-22(33)7-8-27(26)41-23-10-13-38(6)14-11-23/h7-9,12,15-17,23H,10-11,13-14,19H2,1-6H3,(H,35,36,37). The van der Waals surface area contributed by atoms with Crippen LogP contribution in [0.2, 0.25) is 5.02 Å². The van der Waals surface area contributed by atoms with E-state index in [4.69, 9.17) is 26.1 Å². The number of aromatic nitrogens is 2. The molecule has 1 N–H and O–H groups in total. The van der Waals surface area contributed by atoms with Gasteiger partial charge in [0.2, 0.25) is 5.95 Å². The van der Waals surface area contributed by atoms with Crippen molar-refractivity contribution in [3.8, 4) is 23.1 Å². The molecule has 2 aromatic carbocycles. The number of piperidine rings is 1. The first-order valence-electron chi connectivity index (χ1n) is 14.2. The molecule has 1 fully saturated rings. The molecular formula is C32H37ClN6O3. The number of likely N-dealkylation sites (tertiary alicyclic amines) is 1. The zero-order valence-electron chi connectivity index (χ0n) is 25.0. The van der Waals surface area contributed by atoms with Gasteiger partial charge >= 0.3 is 6.09 Å². The van der Waals surface area contributed by atoms with Gasteiger partial charge in [0.05, 0.1) is 22.6 Å². The van der Waals surface area contributed by atoms with Crippen LogP contribution in [0.4, 0.5) is 22.1 Å². The van der Waals surface area contributed by atoms with Crippen LogP contribution in [0.25, 0.3) is 11.3 Å². The SMILES string of the molecule is CN1CCC(Oc2ccc(Cl)cc2Nc2nccc(-c3cc(C#N)c4c(c3)C(C)(C)CN4C(=O)OC(C)(C)C)n2)CC1. The van der Waals surface area contributed by atoms with E-state index in [0.717, 1.165) is 37.1 Å². The molecule has 0 bridgehead atoms. The summed E-state index contributed by atoms with van der Waals surface area (Å²) in [5, 5.41) is 14.0. The van der Waals surface area contributed by atoms with Crippen LogP contribution in [0, 0.1) is 11.3 Å². The second-order valence-corrected chi connectivity index (χ2v) is 13.1. The molecule has 3 heterocycles. The van der Waals surface area contributed by atoms with Crippen LogP contribution in [0.5, 0.6) is 5.75 Å². The van der Waals surface area contributed by atoms with Crippen LogP contribution in [0.15, 0.2) is 42.6 Å². The summed E-state index contributed by atoms with van der Waals surface area (Å²) in [6, 6.07) is 13.3. The molecule has 9 nitrogen and oxygen atoms in total. The third-order valence-electron chi connectivity index (χ3n) is 7.50. The highest BCUT2D eigenvalue weighted by molar-refractivity contribution is 6.31. The monoisotopic (exact) mass is 588 g/mol. The van der Waals surface area contributed by atoms with Crippen LogP contribution >= 0.6 is 11.6 Å². The number of hydrogen-bond acceptors (Lipinski definition) is 8. The number of benzene rings is 2. The van der Waals surface area contributed by atoms with E-state index in [-0.39, 0.29) is 6.10 Å². The Hall–Kier alpha value is -3.87. The quantitative estimate of drug-likeness (QED) is 0.342. The number of amides is 1. The molecule has 0 saturated carbocycles. The van der Waals surface area contributed by atoms with Crippen molar-refractivity contribution in [3.05, 3.63) is 58.7 Å². The molecular weight excluding hydrogens is 552 g/mol. The van der Waals surface area contributed by atoms with Gasteiger partial charge in [-0.1, -0.05) is 25.4 Å². The Balaban J connectivity index is 1.45. The molecule has 2 aliphatic rings. The number of nitrogens with zero attached hydrogens (tertiary/aromatic N) is 5. The molecule has 5 rings (SSSR count). The molecule has 3 aromatic rings. The van der Waals surface area contributed by atoms with Crippen molar-refractivity contribution in [1.29, 1.82) is 5.26 Å². The fourth-order valence-electron chi connectivity index (χ4n) is 5.39. The summed E-state index contributed by atoms with van der Waals surface area (Å²) in [5.74, 6) is 1.06. The fourth-order valence-corrected chi connectivity index (χ4v) is 5.56. The minimum absolute atomic E-state index is 0.120. The topological polar surface area (TPSA) is 104 Å². The lowest BCUT2D eigenvalue weighted by Crippen LogP contribution is -2.38. The van der Waals surface area contributed by atoms with Crippen molar-refractivity contribution >= 4 is 35.0 Å².